The van der Waals surface area contributed by atoms with Crippen LogP contribution in [0, 0.1) is 0 Å². The molecule has 1 unspecified atom stereocenters. The molecule has 4 aromatic rings. The van der Waals surface area contributed by atoms with Crippen molar-refractivity contribution in [1.82, 2.24) is 14.2 Å². The molecule has 0 bridgehead atoms. The van der Waals surface area contributed by atoms with Crippen molar-refractivity contribution in [2.75, 3.05) is 6.61 Å². The summed E-state index contributed by atoms with van der Waals surface area (Å²) in [6.45, 7) is 0.291. The minimum Gasteiger partial charge on any atom is -0.467 e. The molecule has 1 atom stereocenters. The summed E-state index contributed by atoms with van der Waals surface area (Å²) in [5.74, 6) is -0.102. The minimum atomic E-state index is -3.93. The molecule has 4 rings (SSSR count). The highest BCUT2D eigenvalue weighted by Crippen LogP contribution is 2.34. The van der Waals surface area contributed by atoms with Gasteiger partial charge in [-0.1, -0.05) is 29.8 Å². The fourth-order valence-electron chi connectivity index (χ4n) is 3.13. The van der Waals surface area contributed by atoms with Gasteiger partial charge in [0.25, 0.3) is 16.5 Å². The van der Waals surface area contributed by atoms with Crippen LogP contribution >= 0.6 is 11.6 Å². The van der Waals surface area contributed by atoms with Crippen LogP contribution in [0.2, 0.25) is 5.02 Å². The highest BCUT2D eigenvalue weighted by atomic mass is 35.5. The SMILES string of the molecule is O=COCC(c1cnco1)c1cc(Cl)cc2c1cnn2S(=O)(=O)c1ccccc1. The van der Waals surface area contributed by atoms with Crippen molar-refractivity contribution in [3.63, 3.8) is 0 Å². The van der Waals surface area contributed by atoms with Crippen LogP contribution in [0.15, 0.2) is 70.6 Å². The van der Waals surface area contributed by atoms with Gasteiger partial charge in [-0.05, 0) is 29.8 Å². The molecule has 0 aliphatic carbocycles. The summed E-state index contributed by atoms with van der Waals surface area (Å²) in [6.07, 6.45) is 4.19. The maximum atomic E-state index is 13.1. The van der Waals surface area contributed by atoms with Crippen LogP contribution in [0.1, 0.15) is 17.2 Å². The van der Waals surface area contributed by atoms with Crippen molar-refractivity contribution in [2.24, 2.45) is 0 Å². The highest BCUT2D eigenvalue weighted by Gasteiger charge is 2.26. The predicted octanol–water partition coefficient (Wildman–Crippen LogP) is 3.22. The summed E-state index contributed by atoms with van der Waals surface area (Å²) in [4.78, 5) is 14.7. The Morgan fingerprint density at radius 2 is 2.00 bits per heavy atom. The first-order chi connectivity index (χ1) is 14.0. The van der Waals surface area contributed by atoms with Gasteiger partial charge in [0.15, 0.2) is 6.39 Å². The second kappa shape index (κ2) is 7.69. The summed E-state index contributed by atoms with van der Waals surface area (Å²) in [7, 11) is -3.93. The first-order valence-corrected chi connectivity index (χ1v) is 10.3. The average Bonchev–Trinajstić information content (AvgIpc) is 3.39. The second-order valence-corrected chi connectivity index (χ2v) is 8.32. The lowest BCUT2D eigenvalue weighted by Gasteiger charge is -2.15. The van der Waals surface area contributed by atoms with E-state index in [9.17, 15) is 13.2 Å². The van der Waals surface area contributed by atoms with Gasteiger partial charge in [0, 0.05) is 10.4 Å². The lowest BCUT2D eigenvalue weighted by atomic mass is 9.95. The third-order valence-corrected chi connectivity index (χ3v) is 6.26. The van der Waals surface area contributed by atoms with E-state index in [4.69, 9.17) is 20.8 Å². The van der Waals surface area contributed by atoms with Crippen LogP contribution in [0.4, 0.5) is 0 Å². The smallest absolute Gasteiger partial charge is 0.293 e. The molecule has 2 heterocycles. The average molecular weight is 432 g/mol. The quantitative estimate of drug-likeness (QED) is 0.414. The number of rotatable bonds is 7. The van der Waals surface area contributed by atoms with Crippen LogP contribution < -0.4 is 0 Å². The monoisotopic (exact) mass is 431 g/mol. The molecule has 2 aromatic heterocycles. The van der Waals surface area contributed by atoms with Crippen LogP contribution in [-0.4, -0.2) is 35.7 Å². The number of nitrogens with zero attached hydrogens (tertiary/aromatic N) is 3. The zero-order valence-electron chi connectivity index (χ0n) is 14.8. The maximum Gasteiger partial charge on any atom is 0.293 e. The summed E-state index contributed by atoms with van der Waals surface area (Å²) in [5, 5.41) is 4.93. The van der Waals surface area contributed by atoms with Gasteiger partial charge in [-0.2, -0.15) is 17.6 Å². The van der Waals surface area contributed by atoms with Crippen molar-refractivity contribution in [3.8, 4) is 0 Å². The first-order valence-electron chi connectivity index (χ1n) is 8.44. The minimum absolute atomic E-state index is 0.0370. The van der Waals surface area contributed by atoms with Gasteiger partial charge >= 0.3 is 0 Å². The molecule has 0 spiro atoms. The van der Waals surface area contributed by atoms with Gasteiger partial charge < -0.3 is 9.15 Å². The lowest BCUT2D eigenvalue weighted by Crippen LogP contribution is -2.14. The zero-order valence-corrected chi connectivity index (χ0v) is 16.4. The molecule has 0 amide bonds. The Labute approximate surface area is 170 Å². The number of carbonyl (C=O) groups is 1. The van der Waals surface area contributed by atoms with E-state index in [1.165, 1.54) is 37.0 Å². The highest BCUT2D eigenvalue weighted by molar-refractivity contribution is 7.90. The van der Waals surface area contributed by atoms with E-state index in [-0.39, 0.29) is 11.5 Å². The van der Waals surface area contributed by atoms with E-state index in [1.54, 1.807) is 24.3 Å². The largest absolute Gasteiger partial charge is 0.467 e. The van der Waals surface area contributed by atoms with Crippen LogP contribution in [0.25, 0.3) is 10.9 Å². The fraction of sp³-hybridized carbons (Fsp3) is 0.105. The summed E-state index contributed by atoms with van der Waals surface area (Å²) >= 11 is 6.30. The third kappa shape index (κ3) is 3.50. The van der Waals surface area contributed by atoms with Crippen molar-refractivity contribution in [1.29, 1.82) is 0 Å². The molecule has 0 radical (unpaired) electrons. The van der Waals surface area contributed by atoms with E-state index in [0.717, 1.165) is 4.09 Å². The van der Waals surface area contributed by atoms with E-state index >= 15 is 0 Å². The molecule has 10 heteroatoms. The summed E-state index contributed by atoms with van der Waals surface area (Å²) in [5.41, 5.74) is 0.896. The molecule has 0 aliphatic rings. The molecular weight excluding hydrogens is 418 g/mol. The van der Waals surface area contributed by atoms with Gasteiger partial charge in [0.1, 0.15) is 12.4 Å². The molecule has 148 valence electrons. The van der Waals surface area contributed by atoms with E-state index in [0.29, 0.717) is 33.7 Å². The van der Waals surface area contributed by atoms with E-state index < -0.39 is 15.9 Å². The number of hydrogen-bond donors (Lipinski definition) is 0. The Hall–Kier alpha value is -3.17. The van der Waals surface area contributed by atoms with Crippen molar-refractivity contribution < 1.29 is 22.4 Å². The maximum absolute atomic E-state index is 13.1. The van der Waals surface area contributed by atoms with Crippen LogP contribution in [-0.2, 0) is 19.6 Å². The van der Waals surface area contributed by atoms with Crippen molar-refractivity contribution in [2.45, 2.75) is 10.8 Å². The molecule has 0 fully saturated rings. The number of aromatic nitrogens is 3. The predicted molar refractivity (Wildman–Crippen MR) is 104 cm³/mol. The van der Waals surface area contributed by atoms with Crippen molar-refractivity contribution in [3.05, 3.63) is 77.6 Å². The number of oxazole rings is 1. The molecule has 0 saturated carbocycles. The fourth-order valence-corrected chi connectivity index (χ4v) is 4.63. The van der Waals surface area contributed by atoms with E-state index in [1.807, 2.05) is 0 Å². The van der Waals surface area contributed by atoms with Crippen molar-refractivity contribution >= 4 is 39.0 Å². The summed E-state index contributed by atoms with van der Waals surface area (Å²) in [6, 6.07) is 11.1. The molecule has 8 nitrogen and oxygen atoms in total. The molecule has 2 aromatic carbocycles. The van der Waals surface area contributed by atoms with Gasteiger partial charge in [0.05, 0.1) is 28.7 Å². The summed E-state index contributed by atoms with van der Waals surface area (Å²) < 4.78 is 37.4. The molecule has 0 aliphatic heterocycles. The third-order valence-electron chi connectivity index (χ3n) is 4.42. The number of halogens is 1. The Morgan fingerprint density at radius 3 is 2.69 bits per heavy atom. The van der Waals surface area contributed by atoms with Gasteiger partial charge in [-0.3, -0.25) is 4.79 Å². The zero-order chi connectivity index (χ0) is 20.4. The van der Waals surface area contributed by atoms with Gasteiger partial charge in [-0.25, -0.2) is 4.98 Å². The number of hydrogen-bond acceptors (Lipinski definition) is 7. The standard InChI is InChI=1S/C19H14ClN3O5S/c20-13-6-15(17(10-27-12-24)19-9-21-11-28-19)16-8-22-23(18(16)7-13)29(25,26)14-4-2-1-3-5-14/h1-9,11-12,17H,10H2. The first kappa shape index (κ1) is 19.2. The molecule has 29 heavy (non-hydrogen) atoms. The Bertz CT molecular complexity index is 1250. The Kier molecular flexibility index (Phi) is 5.08. The number of ether oxygens (including phenoxy) is 1. The van der Waals surface area contributed by atoms with Gasteiger partial charge in [0.2, 0.25) is 0 Å². The van der Waals surface area contributed by atoms with E-state index in [2.05, 4.69) is 10.1 Å². The molecule has 0 saturated heterocycles. The Morgan fingerprint density at radius 1 is 1.21 bits per heavy atom. The van der Waals surface area contributed by atoms with Crippen LogP contribution in [0.3, 0.4) is 0 Å². The number of carbonyl (C=O) groups excluding carboxylic acids is 1. The van der Waals surface area contributed by atoms with Gasteiger partial charge in [-0.15, -0.1) is 0 Å². The molecule has 0 N–H and O–H groups in total. The number of fused-ring (bicyclic) bond motifs is 1. The number of benzene rings is 2. The molecular formula is C19H14ClN3O5S. The Balaban J connectivity index is 1.91. The normalized spacial score (nSPS) is 12.7. The topological polar surface area (TPSA) is 104 Å². The lowest BCUT2D eigenvalue weighted by molar-refractivity contribution is -0.129. The second-order valence-electron chi connectivity index (χ2n) is 6.12. The van der Waals surface area contributed by atoms with Crippen LogP contribution in [0.5, 0.6) is 0 Å².